The number of hydrogen-bond donors (Lipinski definition) is 4. The van der Waals surface area contributed by atoms with E-state index in [1.807, 2.05) is 0 Å². The Balaban J connectivity index is 3.53. The largest absolute Gasteiger partial charge is 0.392 e. The quantitative estimate of drug-likeness (QED) is 0.293. The summed E-state index contributed by atoms with van der Waals surface area (Å²) in [5.41, 5.74) is 0.816. The first-order chi connectivity index (χ1) is 9.60. The Morgan fingerprint density at radius 3 is 2.60 bits per heavy atom. The van der Waals surface area contributed by atoms with Crippen LogP contribution in [0.5, 0.6) is 0 Å². The van der Waals surface area contributed by atoms with E-state index in [-0.39, 0.29) is 6.10 Å². The molecule has 0 aromatic rings. The molecule has 0 fully saturated rings. The third-order valence-electron chi connectivity index (χ3n) is 3.16. The SMILES string of the molecule is CCCNCCNCC(O)CC(C)CC(=N)CCSC. The third kappa shape index (κ3) is 12.9. The van der Waals surface area contributed by atoms with Gasteiger partial charge in [0, 0.05) is 25.3 Å². The first-order valence-corrected chi connectivity index (χ1v) is 9.14. The zero-order chi connectivity index (χ0) is 15.2. The molecule has 0 rings (SSSR count). The van der Waals surface area contributed by atoms with E-state index in [0.717, 1.165) is 56.8 Å². The van der Waals surface area contributed by atoms with Crippen molar-refractivity contribution in [2.75, 3.05) is 38.2 Å². The molecule has 0 aromatic carbocycles. The molecule has 20 heavy (non-hydrogen) atoms. The molecule has 4 nitrogen and oxygen atoms in total. The van der Waals surface area contributed by atoms with Crippen molar-refractivity contribution in [1.29, 1.82) is 5.41 Å². The van der Waals surface area contributed by atoms with Crippen LogP contribution in [0, 0.1) is 11.3 Å². The van der Waals surface area contributed by atoms with Crippen molar-refractivity contribution in [2.24, 2.45) is 5.92 Å². The molecular formula is C15H33N3OS. The standard InChI is InChI=1S/C15H33N3OS/c1-4-6-17-7-8-18-12-15(19)11-13(2)10-14(16)5-9-20-3/h13,15-19H,4-12H2,1-3H3. The highest BCUT2D eigenvalue weighted by molar-refractivity contribution is 7.98. The maximum Gasteiger partial charge on any atom is 0.0667 e. The minimum absolute atomic E-state index is 0.301. The van der Waals surface area contributed by atoms with Crippen molar-refractivity contribution in [3.8, 4) is 0 Å². The smallest absolute Gasteiger partial charge is 0.0667 e. The first-order valence-electron chi connectivity index (χ1n) is 7.74. The van der Waals surface area contributed by atoms with Crippen LogP contribution in [0.4, 0.5) is 0 Å². The lowest BCUT2D eigenvalue weighted by Gasteiger charge is -2.17. The molecule has 0 aliphatic heterocycles. The molecule has 0 heterocycles. The highest BCUT2D eigenvalue weighted by Crippen LogP contribution is 2.13. The van der Waals surface area contributed by atoms with Gasteiger partial charge in [0.05, 0.1) is 6.10 Å². The summed E-state index contributed by atoms with van der Waals surface area (Å²) in [6, 6.07) is 0. The molecule has 0 radical (unpaired) electrons. The van der Waals surface area contributed by atoms with Gasteiger partial charge in [-0.1, -0.05) is 13.8 Å². The second-order valence-corrected chi connectivity index (χ2v) is 6.48. The molecule has 4 N–H and O–H groups in total. The van der Waals surface area contributed by atoms with Gasteiger partial charge in [-0.15, -0.1) is 0 Å². The maximum absolute atomic E-state index is 9.95. The van der Waals surface area contributed by atoms with Crippen molar-refractivity contribution >= 4 is 17.5 Å². The summed E-state index contributed by atoms with van der Waals surface area (Å²) in [7, 11) is 0. The second-order valence-electron chi connectivity index (χ2n) is 5.50. The highest BCUT2D eigenvalue weighted by Gasteiger charge is 2.12. The van der Waals surface area contributed by atoms with Crippen LogP contribution in [0.1, 0.15) is 39.5 Å². The Morgan fingerprint density at radius 1 is 1.25 bits per heavy atom. The lowest BCUT2D eigenvalue weighted by atomic mass is 9.96. The molecule has 2 atom stereocenters. The zero-order valence-corrected chi connectivity index (χ0v) is 14.2. The van der Waals surface area contributed by atoms with Crippen LogP contribution in [-0.4, -0.2) is 55.1 Å². The number of aliphatic hydroxyl groups excluding tert-OH is 1. The molecule has 2 unspecified atom stereocenters. The van der Waals surface area contributed by atoms with E-state index < -0.39 is 0 Å². The van der Waals surface area contributed by atoms with Crippen molar-refractivity contribution in [3.63, 3.8) is 0 Å². The number of rotatable bonds is 14. The fourth-order valence-corrected chi connectivity index (χ4v) is 2.58. The molecule has 5 heteroatoms. The van der Waals surface area contributed by atoms with Gasteiger partial charge in [0.2, 0.25) is 0 Å². The van der Waals surface area contributed by atoms with Crippen LogP contribution >= 0.6 is 11.8 Å². The van der Waals surface area contributed by atoms with Crippen LogP contribution in [0.2, 0.25) is 0 Å². The molecule has 0 amide bonds. The summed E-state index contributed by atoms with van der Waals surface area (Å²) in [5, 5.41) is 24.4. The van der Waals surface area contributed by atoms with Gasteiger partial charge < -0.3 is 21.1 Å². The molecule has 120 valence electrons. The van der Waals surface area contributed by atoms with Crippen LogP contribution in [0.3, 0.4) is 0 Å². The van der Waals surface area contributed by atoms with Crippen molar-refractivity contribution in [2.45, 2.75) is 45.6 Å². The third-order valence-corrected chi connectivity index (χ3v) is 3.77. The predicted molar refractivity (Wildman–Crippen MR) is 91.2 cm³/mol. The molecule has 0 spiro atoms. The average Bonchev–Trinajstić information content (AvgIpc) is 2.40. The Bertz CT molecular complexity index is 239. The molecule has 0 aliphatic rings. The number of aliphatic hydroxyl groups is 1. The van der Waals surface area contributed by atoms with E-state index in [4.69, 9.17) is 5.41 Å². The predicted octanol–water partition coefficient (Wildman–Crippen LogP) is 2.13. The van der Waals surface area contributed by atoms with E-state index >= 15 is 0 Å². The summed E-state index contributed by atoms with van der Waals surface area (Å²) in [6.07, 6.45) is 5.39. The van der Waals surface area contributed by atoms with Gasteiger partial charge in [0.1, 0.15) is 0 Å². The molecule has 0 aromatic heterocycles. The van der Waals surface area contributed by atoms with Gasteiger partial charge in [0.25, 0.3) is 0 Å². The molecular weight excluding hydrogens is 270 g/mol. The Labute approximate surface area is 129 Å². The van der Waals surface area contributed by atoms with Crippen LogP contribution < -0.4 is 10.6 Å². The minimum atomic E-state index is -0.301. The Hall–Kier alpha value is -0.100. The lowest BCUT2D eigenvalue weighted by Crippen LogP contribution is -2.34. The Morgan fingerprint density at radius 2 is 1.95 bits per heavy atom. The number of thioether (sulfide) groups is 1. The van der Waals surface area contributed by atoms with Gasteiger partial charge in [-0.2, -0.15) is 11.8 Å². The molecule has 0 saturated heterocycles. The van der Waals surface area contributed by atoms with Gasteiger partial charge >= 0.3 is 0 Å². The number of hydrogen-bond acceptors (Lipinski definition) is 5. The topological polar surface area (TPSA) is 68.1 Å². The lowest BCUT2D eigenvalue weighted by molar-refractivity contribution is 0.144. The summed E-state index contributed by atoms with van der Waals surface area (Å²) in [5.74, 6) is 1.42. The van der Waals surface area contributed by atoms with Crippen molar-refractivity contribution in [3.05, 3.63) is 0 Å². The zero-order valence-electron chi connectivity index (χ0n) is 13.4. The highest BCUT2D eigenvalue weighted by atomic mass is 32.2. The van der Waals surface area contributed by atoms with Crippen molar-refractivity contribution in [1.82, 2.24) is 10.6 Å². The van der Waals surface area contributed by atoms with Gasteiger partial charge in [-0.25, -0.2) is 0 Å². The van der Waals surface area contributed by atoms with Crippen LogP contribution in [0.25, 0.3) is 0 Å². The average molecular weight is 304 g/mol. The maximum atomic E-state index is 9.95. The summed E-state index contributed by atoms with van der Waals surface area (Å²) in [4.78, 5) is 0. The summed E-state index contributed by atoms with van der Waals surface area (Å²) in [6.45, 7) is 7.84. The van der Waals surface area contributed by atoms with E-state index in [9.17, 15) is 5.11 Å². The summed E-state index contributed by atoms with van der Waals surface area (Å²) < 4.78 is 0. The fourth-order valence-electron chi connectivity index (χ4n) is 2.13. The fraction of sp³-hybridized carbons (Fsp3) is 0.933. The number of nitrogens with one attached hydrogen (secondary N) is 3. The van der Waals surface area contributed by atoms with E-state index in [1.54, 1.807) is 11.8 Å². The van der Waals surface area contributed by atoms with Gasteiger partial charge in [0.15, 0.2) is 0 Å². The van der Waals surface area contributed by atoms with Gasteiger partial charge in [-0.05, 0) is 50.2 Å². The van der Waals surface area contributed by atoms with Gasteiger partial charge in [-0.3, -0.25) is 0 Å². The van der Waals surface area contributed by atoms with Crippen molar-refractivity contribution < 1.29 is 5.11 Å². The molecule has 0 aliphatic carbocycles. The molecule has 0 bridgehead atoms. The van der Waals surface area contributed by atoms with E-state index in [2.05, 4.69) is 30.7 Å². The van der Waals surface area contributed by atoms with Crippen LogP contribution in [-0.2, 0) is 0 Å². The normalized spacial score (nSPS) is 14.2. The molecule has 0 saturated carbocycles. The Kier molecular flexibility index (Phi) is 13.8. The first kappa shape index (κ1) is 19.9. The van der Waals surface area contributed by atoms with E-state index in [0.29, 0.717) is 12.5 Å². The monoisotopic (exact) mass is 303 g/mol. The van der Waals surface area contributed by atoms with E-state index in [1.165, 1.54) is 0 Å². The van der Waals surface area contributed by atoms with Crippen LogP contribution in [0.15, 0.2) is 0 Å². The second kappa shape index (κ2) is 13.9. The summed E-state index contributed by atoms with van der Waals surface area (Å²) >= 11 is 1.78. The minimum Gasteiger partial charge on any atom is -0.392 e.